The van der Waals surface area contributed by atoms with Crippen LogP contribution in [-0.2, 0) is 6.54 Å². The van der Waals surface area contributed by atoms with Gasteiger partial charge in [0.05, 0.1) is 11.5 Å². The summed E-state index contributed by atoms with van der Waals surface area (Å²) in [6.07, 6.45) is 3.34. The van der Waals surface area contributed by atoms with Gasteiger partial charge in [0.25, 0.3) is 5.69 Å². The molecule has 0 saturated carbocycles. The second-order valence-corrected chi connectivity index (χ2v) is 5.66. The van der Waals surface area contributed by atoms with E-state index in [4.69, 9.17) is 0 Å². The van der Waals surface area contributed by atoms with Gasteiger partial charge in [-0.05, 0) is 26.0 Å². The third-order valence-electron chi connectivity index (χ3n) is 3.01. The second kappa shape index (κ2) is 5.62. The predicted octanol–water partition coefficient (Wildman–Crippen LogP) is 2.95. The van der Waals surface area contributed by atoms with Crippen molar-refractivity contribution in [2.45, 2.75) is 26.4 Å². The smallest absolute Gasteiger partial charge is 0.297 e. The predicted molar refractivity (Wildman–Crippen MR) is 79.0 cm³/mol. The van der Waals surface area contributed by atoms with E-state index >= 15 is 0 Å². The van der Waals surface area contributed by atoms with Crippen molar-refractivity contribution in [3.8, 4) is 0 Å². The first kappa shape index (κ1) is 14.5. The van der Waals surface area contributed by atoms with Crippen molar-refractivity contribution in [3.63, 3.8) is 0 Å². The Bertz CT molecular complexity index is 703. The van der Waals surface area contributed by atoms with E-state index in [0.29, 0.717) is 10.0 Å². The van der Waals surface area contributed by atoms with Crippen molar-refractivity contribution in [2.75, 3.05) is 0 Å². The number of aromatic nitrogens is 2. The van der Waals surface area contributed by atoms with Crippen LogP contribution in [0.15, 0.2) is 39.9 Å². The maximum absolute atomic E-state index is 12.1. The lowest BCUT2D eigenvalue weighted by Crippen LogP contribution is -2.25. The fraction of sp³-hybridized carbons (Fsp3) is 0.308. The zero-order valence-corrected chi connectivity index (χ0v) is 12.7. The minimum Gasteiger partial charge on any atom is -0.297 e. The van der Waals surface area contributed by atoms with Gasteiger partial charge in [0.2, 0.25) is 0 Å². The maximum Gasteiger partial charge on any atom is 0.328 e. The molecule has 106 valence electrons. The monoisotopic (exact) mass is 339 g/mol. The first-order chi connectivity index (χ1) is 9.40. The zero-order valence-electron chi connectivity index (χ0n) is 11.1. The summed E-state index contributed by atoms with van der Waals surface area (Å²) < 4.78 is 3.70. The molecule has 0 aliphatic heterocycles. The molecule has 0 spiro atoms. The molecule has 0 N–H and O–H groups in total. The molecule has 1 aromatic heterocycles. The highest BCUT2D eigenvalue weighted by atomic mass is 79.9. The fourth-order valence-electron chi connectivity index (χ4n) is 1.97. The van der Waals surface area contributed by atoms with Gasteiger partial charge in [-0.2, -0.15) is 0 Å². The average molecular weight is 340 g/mol. The van der Waals surface area contributed by atoms with Crippen molar-refractivity contribution in [3.05, 3.63) is 61.2 Å². The van der Waals surface area contributed by atoms with Crippen LogP contribution >= 0.6 is 15.9 Å². The van der Waals surface area contributed by atoms with Crippen molar-refractivity contribution in [1.82, 2.24) is 9.13 Å². The molecule has 2 aromatic rings. The van der Waals surface area contributed by atoms with E-state index in [-0.39, 0.29) is 24.0 Å². The molecule has 20 heavy (non-hydrogen) atoms. The van der Waals surface area contributed by atoms with Gasteiger partial charge in [-0.1, -0.05) is 15.9 Å². The Kier molecular flexibility index (Phi) is 4.08. The highest BCUT2D eigenvalue weighted by Crippen LogP contribution is 2.24. The van der Waals surface area contributed by atoms with Gasteiger partial charge in [-0.3, -0.25) is 19.2 Å². The Morgan fingerprint density at radius 1 is 1.35 bits per heavy atom. The number of hydrogen-bond acceptors (Lipinski definition) is 3. The summed E-state index contributed by atoms with van der Waals surface area (Å²) in [6.45, 7) is 4.00. The quantitative estimate of drug-likeness (QED) is 0.635. The molecule has 0 bridgehead atoms. The van der Waals surface area contributed by atoms with E-state index in [1.165, 1.54) is 10.6 Å². The first-order valence-corrected chi connectivity index (χ1v) is 6.89. The Hall–Kier alpha value is -1.89. The molecule has 1 heterocycles. The van der Waals surface area contributed by atoms with Crippen LogP contribution in [0.2, 0.25) is 0 Å². The van der Waals surface area contributed by atoms with Gasteiger partial charge >= 0.3 is 5.69 Å². The number of hydrogen-bond donors (Lipinski definition) is 0. The number of nitro benzene ring substituents is 1. The first-order valence-electron chi connectivity index (χ1n) is 6.10. The third-order valence-corrected chi connectivity index (χ3v) is 3.51. The zero-order chi connectivity index (χ0) is 14.9. The number of rotatable bonds is 4. The van der Waals surface area contributed by atoms with E-state index in [0.717, 1.165) is 0 Å². The van der Waals surface area contributed by atoms with E-state index < -0.39 is 4.92 Å². The van der Waals surface area contributed by atoms with Crippen molar-refractivity contribution < 1.29 is 4.92 Å². The Balaban J connectivity index is 2.40. The topological polar surface area (TPSA) is 70.1 Å². The third kappa shape index (κ3) is 2.82. The Morgan fingerprint density at radius 3 is 2.60 bits per heavy atom. The molecule has 0 radical (unpaired) electrons. The number of benzene rings is 1. The van der Waals surface area contributed by atoms with Crippen LogP contribution in [0, 0.1) is 10.1 Å². The lowest BCUT2D eigenvalue weighted by molar-refractivity contribution is -0.385. The van der Waals surface area contributed by atoms with Crippen LogP contribution in [0.25, 0.3) is 0 Å². The maximum atomic E-state index is 12.1. The van der Waals surface area contributed by atoms with Crippen LogP contribution in [0.1, 0.15) is 25.5 Å². The largest absolute Gasteiger partial charge is 0.328 e. The van der Waals surface area contributed by atoms with E-state index in [1.807, 2.05) is 13.8 Å². The SMILES string of the molecule is CC(C)n1ccn(Cc2ccc(Br)cc2[N+](=O)[O-])c1=O. The molecule has 0 aliphatic carbocycles. The van der Waals surface area contributed by atoms with E-state index in [2.05, 4.69) is 15.9 Å². The summed E-state index contributed by atoms with van der Waals surface area (Å²) in [5.41, 5.74) is 0.336. The minimum absolute atomic E-state index is 0.00331. The second-order valence-electron chi connectivity index (χ2n) is 4.74. The van der Waals surface area contributed by atoms with E-state index in [1.54, 1.807) is 29.1 Å². The van der Waals surface area contributed by atoms with Crippen molar-refractivity contribution in [2.24, 2.45) is 0 Å². The highest BCUT2D eigenvalue weighted by molar-refractivity contribution is 9.10. The molecule has 0 fully saturated rings. The Labute approximate surface area is 123 Å². The number of imidazole rings is 1. The van der Waals surface area contributed by atoms with Gasteiger partial charge in [0, 0.05) is 34.5 Å². The molecule has 7 heteroatoms. The van der Waals surface area contributed by atoms with Crippen molar-refractivity contribution >= 4 is 21.6 Å². The lowest BCUT2D eigenvalue weighted by Gasteiger charge is -2.06. The minimum atomic E-state index is -0.440. The summed E-state index contributed by atoms with van der Waals surface area (Å²) in [7, 11) is 0. The van der Waals surface area contributed by atoms with Crippen molar-refractivity contribution in [1.29, 1.82) is 0 Å². The fourth-order valence-corrected chi connectivity index (χ4v) is 2.31. The summed E-state index contributed by atoms with van der Waals surface area (Å²) >= 11 is 3.21. The molecule has 6 nitrogen and oxygen atoms in total. The summed E-state index contributed by atoms with van der Waals surface area (Å²) in [5.74, 6) is 0. The summed E-state index contributed by atoms with van der Waals surface area (Å²) in [6, 6.07) is 4.89. The highest BCUT2D eigenvalue weighted by Gasteiger charge is 2.16. The number of nitro groups is 1. The molecule has 0 unspecified atom stereocenters. The summed E-state index contributed by atoms with van der Waals surface area (Å²) in [4.78, 5) is 22.7. The molecule has 1 aromatic carbocycles. The molecule has 0 atom stereocenters. The summed E-state index contributed by atoms with van der Waals surface area (Å²) in [5, 5.41) is 11.1. The van der Waals surface area contributed by atoms with Crippen LogP contribution in [0.5, 0.6) is 0 Å². The number of halogens is 1. The average Bonchev–Trinajstić information content (AvgIpc) is 2.73. The van der Waals surface area contributed by atoms with Gasteiger partial charge < -0.3 is 0 Å². The van der Waals surface area contributed by atoms with Gasteiger partial charge in [-0.25, -0.2) is 4.79 Å². The van der Waals surface area contributed by atoms with Gasteiger partial charge in [-0.15, -0.1) is 0 Å². The standard InChI is InChI=1S/C13H14BrN3O3/c1-9(2)16-6-5-15(13(16)18)8-10-3-4-11(14)7-12(10)17(19)20/h3-7,9H,8H2,1-2H3. The van der Waals surface area contributed by atoms with E-state index in [9.17, 15) is 14.9 Å². The lowest BCUT2D eigenvalue weighted by atomic mass is 10.2. The van der Waals surface area contributed by atoms with Gasteiger partial charge in [0.1, 0.15) is 0 Å². The molecular weight excluding hydrogens is 326 g/mol. The van der Waals surface area contributed by atoms with Crippen LogP contribution < -0.4 is 5.69 Å². The van der Waals surface area contributed by atoms with Crippen LogP contribution in [-0.4, -0.2) is 14.1 Å². The molecular formula is C13H14BrN3O3. The molecule has 0 amide bonds. The van der Waals surface area contributed by atoms with Gasteiger partial charge in [0.15, 0.2) is 0 Å². The van der Waals surface area contributed by atoms with Crippen LogP contribution in [0.3, 0.4) is 0 Å². The molecule has 2 rings (SSSR count). The molecule has 0 aliphatic rings. The molecule has 0 saturated heterocycles. The number of nitrogens with zero attached hydrogens (tertiary/aromatic N) is 3. The Morgan fingerprint density at radius 2 is 2.05 bits per heavy atom. The van der Waals surface area contributed by atoms with Crippen LogP contribution in [0.4, 0.5) is 5.69 Å². The normalized spacial score (nSPS) is 11.0.